The highest BCUT2D eigenvalue weighted by Crippen LogP contribution is 2.43. The second kappa shape index (κ2) is 9.33. The van der Waals surface area contributed by atoms with Crippen molar-refractivity contribution in [3.8, 4) is 23.3 Å². The minimum Gasteiger partial charge on any atom is -0.497 e. The summed E-state index contributed by atoms with van der Waals surface area (Å²) in [7, 11) is 1.58. The van der Waals surface area contributed by atoms with Crippen LogP contribution >= 0.6 is 0 Å². The molecule has 2 N–H and O–H groups in total. The molecule has 33 heavy (non-hydrogen) atoms. The van der Waals surface area contributed by atoms with Crippen molar-refractivity contribution in [1.29, 1.82) is 5.26 Å². The van der Waals surface area contributed by atoms with Gasteiger partial charge in [0.2, 0.25) is 5.88 Å². The Morgan fingerprint density at radius 2 is 1.88 bits per heavy atom. The van der Waals surface area contributed by atoms with Crippen LogP contribution in [0.4, 0.5) is 0 Å². The molecular weight excluding hydrogens is 416 g/mol. The molecule has 0 amide bonds. The molecule has 1 aliphatic rings. The number of methoxy groups -OCH3 is 1. The van der Waals surface area contributed by atoms with Crippen molar-refractivity contribution < 1.29 is 19.0 Å². The van der Waals surface area contributed by atoms with Crippen molar-refractivity contribution in [1.82, 2.24) is 0 Å². The number of ether oxygens (including phenoxy) is 3. The molecule has 0 saturated heterocycles. The van der Waals surface area contributed by atoms with Crippen molar-refractivity contribution in [2.45, 2.75) is 12.8 Å². The van der Waals surface area contributed by atoms with Gasteiger partial charge < -0.3 is 19.9 Å². The predicted molar refractivity (Wildman–Crippen MR) is 125 cm³/mol. The molecule has 3 aromatic carbocycles. The maximum atomic E-state index is 12.3. The van der Waals surface area contributed by atoms with E-state index in [9.17, 15) is 10.1 Å². The van der Waals surface area contributed by atoms with Crippen LogP contribution in [0.2, 0.25) is 0 Å². The number of hydrogen-bond acceptors (Lipinski definition) is 6. The number of hydrogen-bond donors (Lipinski definition) is 1. The molecule has 3 aromatic rings. The summed E-state index contributed by atoms with van der Waals surface area (Å²) in [5.41, 5.74) is 9.99. The number of carbonyl (C=O) groups is 1. The predicted octanol–water partition coefficient (Wildman–Crippen LogP) is 4.84. The summed E-state index contributed by atoms with van der Waals surface area (Å²) in [5.74, 6) is 0.469. The van der Waals surface area contributed by atoms with E-state index in [1.54, 1.807) is 31.4 Å². The zero-order valence-corrected chi connectivity index (χ0v) is 18.2. The van der Waals surface area contributed by atoms with Gasteiger partial charge in [0.1, 0.15) is 28.9 Å². The number of aryl methyl sites for hydroxylation is 1. The molecule has 0 bridgehead atoms. The van der Waals surface area contributed by atoms with E-state index in [1.807, 2.05) is 55.5 Å². The van der Waals surface area contributed by atoms with Gasteiger partial charge >= 0.3 is 5.97 Å². The van der Waals surface area contributed by atoms with E-state index in [4.69, 9.17) is 19.9 Å². The molecule has 0 spiro atoms. The second-order valence-corrected chi connectivity index (χ2v) is 7.57. The summed E-state index contributed by atoms with van der Waals surface area (Å²) < 4.78 is 16.5. The van der Waals surface area contributed by atoms with Gasteiger partial charge in [-0.25, -0.2) is 4.79 Å². The van der Waals surface area contributed by atoms with Crippen molar-refractivity contribution in [3.63, 3.8) is 0 Å². The van der Waals surface area contributed by atoms with E-state index in [0.29, 0.717) is 22.8 Å². The number of nitrogens with zero attached hydrogens (tertiary/aromatic N) is 1. The van der Waals surface area contributed by atoms with Crippen molar-refractivity contribution in [3.05, 3.63) is 107 Å². The Kier molecular flexibility index (Phi) is 6.14. The summed E-state index contributed by atoms with van der Waals surface area (Å²) in [6.07, 6.45) is 3.06. The standard InChI is InChI=1S/C27H22N2O4/c1-17-6-8-18(9-7-17)10-13-25(30)32-21-11-12-22-24(15-21)33-27(29)23(16-28)26(22)19-4-3-5-20(14-19)31-2/h3-15,26H,29H2,1-2H3/b13-10+. The largest absolute Gasteiger partial charge is 0.497 e. The van der Waals surface area contributed by atoms with Gasteiger partial charge in [0.25, 0.3) is 0 Å². The molecule has 6 nitrogen and oxygen atoms in total. The topological polar surface area (TPSA) is 94.6 Å². The monoisotopic (exact) mass is 438 g/mol. The van der Waals surface area contributed by atoms with Crippen LogP contribution < -0.4 is 19.9 Å². The van der Waals surface area contributed by atoms with Crippen LogP contribution in [0.25, 0.3) is 6.08 Å². The van der Waals surface area contributed by atoms with Gasteiger partial charge in [0, 0.05) is 17.7 Å². The number of rotatable bonds is 5. The molecule has 1 heterocycles. The van der Waals surface area contributed by atoms with E-state index in [-0.39, 0.29) is 5.88 Å². The number of fused-ring (bicyclic) bond motifs is 1. The van der Waals surface area contributed by atoms with Crippen LogP contribution in [0.5, 0.6) is 17.2 Å². The van der Waals surface area contributed by atoms with Crippen molar-refractivity contribution in [2.75, 3.05) is 7.11 Å². The van der Waals surface area contributed by atoms with Gasteiger partial charge in [0.15, 0.2) is 0 Å². The molecule has 1 aliphatic heterocycles. The van der Waals surface area contributed by atoms with Crippen LogP contribution in [0.1, 0.15) is 28.2 Å². The Bertz CT molecular complexity index is 1300. The lowest BCUT2D eigenvalue weighted by molar-refractivity contribution is -0.128. The third kappa shape index (κ3) is 4.73. The minimum atomic E-state index is -0.517. The smallest absolute Gasteiger partial charge is 0.336 e. The molecule has 0 aromatic heterocycles. The van der Waals surface area contributed by atoms with Crippen LogP contribution in [-0.4, -0.2) is 13.1 Å². The minimum absolute atomic E-state index is 0.0144. The Morgan fingerprint density at radius 3 is 2.61 bits per heavy atom. The molecule has 1 unspecified atom stereocenters. The number of carbonyl (C=O) groups excluding carboxylic acids is 1. The van der Waals surface area contributed by atoms with E-state index in [2.05, 4.69) is 6.07 Å². The molecule has 0 saturated carbocycles. The summed E-state index contributed by atoms with van der Waals surface area (Å²) in [4.78, 5) is 12.3. The van der Waals surface area contributed by atoms with E-state index in [0.717, 1.165) is 22.3 Å². The zero-order chi connectivity index (χ0) is 23.4. The van der Waals surface area contributed by atoms with Crippen molar-refractivity contribution >= 4 is 12.0 Å². The maximum absolute atomic E-state index is 12.3. The van der Waals surface area contributed by atoms with Gasteiger partial charge in [-0.3, -0.25) is 0 Å². The Morgan fingerprint density at radius 1 is 1.09 bits per heavy atom. The Hall–Kier alpha value is -4.50. The molecule has 164 valence electrons. The van der Waals surface area contributed by atoms with Crippen LogP contribution in [0.3, 0.4) is 0 Å². The summed E-state index contributed by atoms with van der Waals surface area (Å²) in [6.45, 7) is 2.00. The highest BCUT2D eigenvalue weighted by atomic mass is 16.5. The quantitative estimate of drug-likeness (QED) is 0.348. The number of esters is 1. The molecule has 0 fully saturated rings. The molecule has 6 heteroatoms. The first-order chi connectivity index (χ1) is 16.0. The number of benzene rings is 3. The fraction of sp³-hybridized carbons (Fsp3) is 0.111. The SMILES string of the molecule is COc1cccc(C2C(C#N)=C(N)Oc3cc(OC(=O)/C=C/c4ccc(C)cc4)ccc32)c1. The Labute approximate surface area is 192 Å². The van der Waals surface area contributed by atoms with Gasteiger partial charge in [0.05, 0.1) is 13.0 Å². The molecular formula is C27H22N2O4. The summed E-state index contributed by atoms with van der Waals surface area (Å²) >= 11 is 0. The second-order valence-electron chi connectivity index (χ2n) is 7.57. The molecule has 4 rings (SSSR count). The third-order valence-electron chi connectivity index (χ3n) is 5.33. The lowest BCUT2D eigenvalue weighted by Crippen LogP contribution is -2.21. The van der Waals surface area contributed by atoms with E-state index >= 15 is 0 Å². The van der Waals surface area contributed by atoms with Gasteiger partial charge in [-0.15, -0.1) is 0 Å². The number of nitrogens with two attached hydrogens (primary N) is 1. The van der Waals surface area contributed by atoms with Crippen LogP contribution in [0.15, 0.2) is 84.3 Å². The van der Waals surface area contributed by atoms with E-state index < -0.39 is 11.9 Å². The first-order valence-corrected chi connectivity index (χ1v) is 10.3. The highest BCUT2D eigenvalue weighted by Gasteiger charge is 2.31. The number of allylic oxidation sites excluding steroid dienone is 1. The zero-order valence-electron chi connectivity index (χ0n) is 18.2. The maximum Gasteiger partial charge on any atom is 0.336 e. The molecule has 1 atom stereocenters. The van der Waals surface area contributed by atoms with Crippen molar-refractivity contribution in [2.24, 2.45) is 5.73 Å². The third-order valence-corrected chi connectivity index (χ3v) is 5.33. The highest BCUT2D eigenvalue weighted by molar-refractivity contribution is 5.88. The summed E-state index contributed by atoms with van der Waals surface area (Å²) in [5, 5.41) is 9.71. The Balaban J connectivity index is 1.60. The number of nitriles is 1. The van der Waals surface area contributed by atoms with Gasteiger partial charge in [-0.1, -0.05) is 48.0 Å². The fourth-order valence-electron chi connectivity index (χ4n) is 3.66. The molecule has 0 radical (unpaired) electrons. The van der Waals surface area contributed by atoms with Crippen LogP contribution in [-0.2, 0) is 4.79 Å². The van der Waals surface area contributed by atoms with Crippen LogP contribution in [0, 0.1) is 18.3 Å². The van der Waals surface area contributed by atoms with Gasteiger partial charge in [-0.2, -0.15) is 5.26 Å². The lowest BCUT2D eigenvalue weighted by atomic mass is 9.83. The van der Waals surface area contributed by atoms with E-state index in [1.165, 1.54) is 6.08 Å². The first kappa shape index (κ1) is 21.7. The normalized spacial score (nSPS) is 14.9. The average molecular weight is 438 g/mol. The lowest BCUT2D eigenvalue weighted by Gasteiger charge is -2.26. The van der Waals surface area contributed by atoms with Gasteiger partial charge in [-0.05, 0) is 42.3 Å². The fourth-order valence-corrected chi connectivity index (χ4v) is 3.66. The average Bonchev–Trinajstić information content (AvgIpc) is 2.82. The summed E-state index contributed by atoms with van der Waals surface area (Å²) in [6, 6.07) is 22.4. The molecule has 0 aliphatic carbocycles. The first-order valence-electron chi connectivity index (χ1n) is 10.3.